The Bertz CT molecular complexity index is 725. The molecule has 0 saturated heterocycles. The van der Waals surface area contributed by atoms with Crippen LogP contribution in [0, 0.1) is 5.92 Å². The van der Waals surface area contributed by atoms with Crippen molar-refractivity contribution >= 4 is 17.6 Å². The molecule has 0 aliphatic heterocycles. The van der Waals surface area contributed by atoms with Crippen molar-refractivity contribution in [1.29, 1.82) is 0 Å². The fourth-order valence-electron chi connectivity index (χ4n) is 2.52. The van der Waals surface area contributed by atoms with Gasteiger partial charge in [0.05, 0.1) is 13.2 Å². The highest BCUT2D eigenvalue weighted by atomic mass is 16.5. The largest absolute Gasteiger partial charge is 0.497 e. The van der Waals surface area contributed by atoms with Crippen molar-refractivity contribution in [3.8, 4) is 5.75 Å². The van der Waals surface area contributed by atoms with Gasteiger partial charge in [0.25, 0.3) is 5.91 Å². The Hall–Kier alpha value is -3.02. The van der Waals surface area contributed by atoms with Gasteiger partial charge in [-0.25, -0.2) is 4.79 Å². The summed E-state index contributed by atoms with van der Waals surface area (Å²) in [5.41, 5.74) is 7.13. The van der Waals surface area contributed by atoms with Gasteiger partial charge in [-0.05, 0) is 47.9 Å². The monoisotopic (exact) mass is 341 g/mol. The Morgan fingerprint density at radius 2 is 1.60 bits per heavy atom. The van der Waals surface area contributed by atoms with E-state index in [1.54, 1.807) is 31.4 Å². The minimum absolute atomic E-state index is 0.123. The number of hydrogen-bond acceptors (Lipinski definition) is 3. The van der Waals surface area contributed by atoms with Crippen molar-refractivity contribution in [3.63, 3.8) is 0 Å². The van der Waals surface area contributed by atoms with E-state index in [2.05, 4.69) is 24.5 Å². The first kappa shape index (κ1) is 18.3. The molecular formula is C19H23N3O3. The first-order valence-electron chi connectivity index (χ1n) is 8.02. The third-order valence-electron chi connectivity index (χ3n) is 3.84. The molecule has 3 amide bonds. The molecule has 132 valence electrons. The fraction of sp³-hybridized carbons (Fsp3) is 0.263. The van der Waals surface area contributed by atoms with E-state index in [1.165, 1.54) is 0 Å². The first-order valence-corrected chi connectivity index (χ1v) is 8.02. The third kappa shape index (κ3) is 4.97. The van der Waals surface area contributed by atoms with E-state index in [0.29, 0.717) is 11.3 Å². The molecule has 2 aromatic rings. The molecule has 0 aliphatic rings. The van der Waals surface area contributed by atoms with Crippen molar-refractivity contribution < 1.29 is 14.3 Å². The molecule has 25 heavy (non-hydrogen) atoms. The van der Waals surface area contributed by atoms with Gasteiger partial charge in [-0.3, -0.25) is 4.79 Å². The molecule has 2 aromatic carbocycles. The lowest BCUT2D eigenvalue weighted by molar-refractivity contribution is 0.0925. The maximum atomic E-state index is 12.5. The van der Waals surface area contributed by atoms with Gasteiger partial charge >= 0.3 is 6.03 Å². The van der Waals surface area contributed by atoms with Crippen molar-refractivity contribution in [2.45, 2.75) is 19.9 Å². The second-order valence-electron chi connectivity index (χ2n) is 6.03. The van der Waals surface area contributed by atoms with E-state index in [1.807, 2.05) is 24.3 Å². The molecule has 0 aromatic heterocycles. The van der Waals surface area contributed by atoms with E-state index < -0.39 is 6.03 Å². The lowest BCUT2D eigenvalue weighted by Gasteiger charge is -2.23. The molecule has 0 spiro atoms. The van der Waals surface area contributed by atoms with E-state index >= 15 is 0 Å². The normalized spacial score (nSPS) is 11.7. The van der Waals surface area contributed by atoms with Crippen molar-refractivity contribution in [3.05, 3.63) is 59.7 Å². The number of rotatable bonds is 6. The highest BCUT2D eigenvalue weighted by Crippen LogP contribution is 2.24. The highest BCUT2D eigenvalue weighted by molar-refractivity contribution is 5.95. The SMILES string of the molecule is COc1ccc(C(NC(=O)c2ccc(NC(N)=O)cc2)C(C)C)cc1. The Labute approximate surface area is 147 Å². The summed E-state index contributed by atoms with van der Waals surface area (Å²) < 4.78 is 5.17. The maximum absolute atomic E-state index is 12.5. The maximum Gasteiger partial charge on any atom is 0.316 e. The van der Waals surface area contributed by atoms with Crippen LogP contribution in [-0.2, 0) is 0 Å². The van der Waals surface area contributed by atoms with Gasteiger partial charge in [0, 0.05) is 11.3 Å². The fourth-order valence-corrected chi connectivity index (χ4v) is 2.52. The zero-order valence-electron chi connectivity index (χ0n) is 14.6. The lowest BCUT2D eigenvalue weighted by atomic mass is 9.95. The van der Waals surface area contributed by atoms with Gasteiger partial charge in [-0.2, -0.15) is 0 Å². The molecule has 1 unspecified atom stereocenters. The smallest absolute Gasteiger partial charge is 0.316 e. The molecule has 0 fully saturated rings. The molecule has 0 bridgehead atoms. The van der Waals surface area contributed by atoms with Crippen molar-refractivity contribution in [2.24, 2.45) is 11.7 Å². The average Bonchev–Trinajstić information content (AvgIpc) is 2.59. The van der Waals surface area contributed by atoms with E-state index in [-0.39, 0.29) is 17.9 Å². The number of carbonyl (C=O) groups excluding carboxylic acids is 2. The minimum Gasteiger partial charge on any atom is -0.497 e. The van der Waals surface area contributed by atoms with Gasteiger partial charge in [0.15, 0.2) is 0 Å². The summed E-state index contributed by atoms with van der Waals surface area (Å²) in [5.74, 6) is 0.809. The number of urea groups is 1. The number of nitrogens with two attached hydrogens (primary N) is 1. The predicted octanol–water partition coefficient (Wildman–Crippen LogP) is 3.31. The number of nitrogens with one attached hydrogen (secondary N) is 2. The third-order valence-corrected chi connectivity index (χ3v) is 3.84. The van der Waals surface area contributed by atoms with E-state index in [4.69, 9.17) is 10.5 Å². The van der Waals surface area contributed by atoms with Crippen LogP contribution in [0.4, 0.5) is 10.5 Å². The van der Waals surface area contributed by atoms with Crippen LogP contribution in [0.5, 0.6) is 5.75 Å². The minimum atomic E-state index is -0.642. The summed E-state index contributed by atoms with van der Waals surface area (Å²) in [4.78, 5) is 23.4. The van der Waals surface area contributed by atoms with Crippen molar-refractivity contribution in [2.75, 3.05) is 12.4 Å². The van der Waals surface area contributed by atoms with Gasteiger partial charge < -0.3 is 21.1 Å². The summed E-state index contributed by atoms with van der Waals surface area (Å²) in [5, 5.41) is 5.52. The molecular weight excluding hydrogens is 318 g/mol. The van der Waals surface area contributed by atoms with Crippen LogP contribution in [-0.4, -0.2) is 19.0 Å². The second-order valence-corrected chi connectivity index (χ2v) is 6.03. The van der Waals surface area contributed by atoms with Crippen LogP contribution < -0.4 is 21.1 Å². The zero-order chi connectivity index (χ0) is 18.4. The summed E-state index contributed by atoms with van der Waals surface area (Å²) in [6.07, 6.45) is 0. The summed E-state index contributed by atoms with van der Waals surface area (Å²) >= 11 is 0. The molecule has 6 nitrogen and oxygen atoms in total. The molecule has 6 heteroatoms. The van der Waals surface area contributed by atoms with Gasteiger partial charge in [-0.1, -0.05) is 26.0 Å². The number of benzene rings is 2. The standard InChI is InChI=1S/C19H23N3O3/c1-12(2)17(13-6-10-16(25-3)11-7-13)22-18(23)14-4-8-15(9-5-14)21-19(20)24/h4-12,17H,1-3H3,(H,22,23)(H3,20,21,24). The van der Waals surface area contributed by atoms with Crippen LogP contribution in [0.15, 0.2) is 48.5 Å². The summed E-state index contributed by atoms with van der Waals surface area (Å²) in [6.45, 7) is 4.10. The molecule has 4 N–H and O–H groups in total. The average molecular weight is 341 g/mol. The van der Waals surface area contributed by atoms with Gasteiger partial charge in [-0.15, -0.1) is 0 Å². The zero-order valence-corrected chi connectivity index (χ0v) is 14.6. The van der Waals surface area contributed by atoms with Crippen LogP contribution in [0.1, 0.15) is 35.8 Å². The molecule has 0 radical (unpaired) electrons. The number of anilines is 1. The number of primary amides is 1. The topological polar surface area (TPSA) is 93.4 Å². The van der Waals surface area contributed by atoms with Crippen LogP contribution >= 0.6 is 0 Å². The van der Waals surface area contributed by atoms with Crippen LogP contribution in [0.3, 0.4) is 0 Å². The Morgan fingerprint density at radius 1 is 1.00 bits per heavy atom. The van der Waals surface area contributed by atoms with Gasteiger partial charge in [0.2, 0.25) is 0 Å². The summed E-state index contributed by atoms with van der Waals surface area (Å²) in [6, 6.07) is 13.4. The quantitative estimate of drug-likeness (QED) is 0.752. The molecule has 0 aliphatic carbocycles. The van der Waals surface area contributed by atoms with Crippen LogP contribution in [0.2, 0.25) is 0 Å². The van der Waals surface area contributed by atoms with Gasteiger partial charge in [0.1, 0.15) is 5.75 Å². The predicted molar refractivity (Wildman–Crippen MR) is 97.7 cm³/mol. The second kappa shape index (κ2) is 8.19. The Morgan fingerprint density at radius 3 is 2.08 bits per heavy atom. The lowest BCUT2D eigenvalue weighted by Crippen LogP contribution is -2.31. The van der Waals surface area contributed by atoms with Crippen molar-refractivity contribution in [1.82, 2.24) is 5.32 Å². The number of carbonyl (C=O) groups is 2. The van der Waals surface area contributed by atoms with E-state index in [0.717, 1.165) is 11.3 Å². The summed E-state index contributed by atoms with van der Waals surface area (Å²) in [7, 11) is 1.62. The molecule has 0 saturated carbocycles. The number of ether oxygens (including phenoxy) is 1. The first-order chi connectivity index (χ1) is 11.9. The Balaban J connectivity index is 2.12. The van der Waals surface area contributed by atoms with E-state index in [9.17, 15) is 9.59 Å². The van der Waals surface area contributed by atoms with Crippen LogP contribution in [0.25, 0.3) is 0 Å². The number of amides is 3. The molecule has 1 atom stereocenters. The highest BCUT2D eigenvalue weighted by Gasteiger charge is 2.19. The number of methoxy groups -OCH3 is 1. The molecule has 0 heterocycles. The Kier molecular flexibility index (Phi) is 6.00. The molecule has 2 rings (SSSR count). The number of hydrogen-bond donors (Lipinski definition) is 3.